The summed E-state index contributed by atoms with van der Waals surface area (Å²) in [6.07, 6.45) is -2.29. The fraction of sp³-hybridized carbons (Fsp3) is 0.750. The summed E-state index contributed by atoms with van der Waals surface area (Å²) in [5.74, 6) is 0. The van der Waals surface area contributed by atoms with E-state index in [9.17, 15) is 17.2 Å². The molecule has 0 aromatic rings. The Labute approximate surface area is 62.0 Å². The van der Waals surface area contributed by atoms with Gasteiger partial charge in [-0.1, -0.05) is 0 Å². The van der Waals surface area contributed by atoms with Gasteiger partial charge >= 0.3 is 10.1 Å². The lowest BCUT2D eigenvalue weighted by atomic mass is 10.4. The molecule has 0 amide bonds. The number of alkyl halides is 2. The van der Waals surface area contributed by atoms with E-state index in [0.29, 0.717) is 6.40 Å². The Morgan fingerprint density at radius 2 is 2.27 bits per heavy atom. The molecule has 1 heterocycles. The summed E-state index contributed by atoms with van der Waals surface area (Å²) in [5.41, 5.74) is 0. The van der Waals surface area contributed by atoms with Gasteiger partial charge in [0.05, 0.1) is 6.54 Å². The molecule has 7 heteroatoms. The highest BCUT2D eigenvalue weighted by molar-refractivity contribution is 7.87. The highest BCUT2D eigenvalue weighted by atomic mass is 32.2. The van der Waals surface area contributed by atoms with Gasteiger partial charge in [0.2, 0.25) is 0 Å². The molecule has 0 fully saturated rings. The summed E-state index contributed by atoms with van der Waals surface area (Å²) in [6.45, 7) is -0.431. The molecule has 0 aromatic carbocycles. The zero-order valence-electron chi connectivity index (χ0n) is 5.28. The van der Waals surface area contributed by atoms with E-state index < -0.39 is 28.3 Å². The van der Waals surface area contributed by atoms with Gasteiger partial charge in [-0.05, 0) is 0 Å². The monoisotopic (exact) mass is 185 g/mol. The predicted octanol–water partition coefficient (Wildman–Crippen LogP) is 0.00840. The van der Waals surface area contributed by atoms with Gasteiger partial charge < -0.3 is 4.18 Å². The first kappa shape index (κ1) is 8.38. The highest BCUT2D eigenvalue weighted by Gasteiger charge is 2.37. The van der Waals surface area contributed by atoms with Gasteiger partial charge in [-0.2, -0.15) is 8.42 Å². The van der Waals surface area contributed by atoms with Crippen molar-refractivity contribution in [3.8, 4) is 0 Å². The summed E-state index contributed by atoms with van der Waals surface area (Å²) in [5, 5.41) is -1.81. The molecule has 11 heavy (non-hydrogen) atoms. The minimum absolute atomic E-state index is 0.431. The molecule has 0 N–H and O–H groups in total. The summed E-state index contributed by atoms with van der Waals surface area (Å²) in [6, 6.07) is 0. The molecule has 0 aromatic heterocycles. The van der Waals surface area contributed by atoms with Crippen molar-refractivity contribution in [2.24, 2.45) is 4.99 Å². The molecule has 1 unspecified atom stereocenters. The fourth-order valence-corrected chi connectivity index (χ4v) is 1.45. The average molecular weight is 185 g/mol. The van der Waals surface area contributed by atoms with Gasteiger partial charge in [0.15, 0.2) is 11.7 Å². The van der Waals surface area contributed by atoms with Crippen LogP contribution in [0.4, 0.5) is 8.78 Å². The number of hydrogen-bond acceptors (Lipinski definition) is 4. The summed E-state index contributed by atoms with van der Waals surface area (Å²) in [4.78, 5) is 3.27. The lowest BCUT2D eigenvalue weighted by Crippen LogP contribution is -2.35. The lowest BCUT2D eigenvalue weighted by Gasteiger charge is -2.15. The molecule has 4 nitrogen and oxygen atoms in total. The first-order valence-electron chi connectivity index (χ1n) is 2.72. The van der Waals surface area contributed by atoms with Crippen molar-refractivity contribution in [2.45, 2.75) is 11.7 Å². The maximum atomic E-state index is 11.9. The van der Waals surface area contributed by atoms with E-state index in [-0.39, 0.29) is 0 Å². The van der Waals surface area contributed by atoms with Crippen LogP contribution in [0.3, 0.4) is 0 Å². The first-order valence-corrected chi connectivity index (χ1v) is 4.20. The standard InChI is InChI=1S/C4H5F2NO3S/c5-4(6)3-1-7-2-10-11(3,8)9/h2-4H,1H2. The minimum atomic E-state index is -4.12. The minimum Gasteiger partial charge on any atom is -0.370 e. The van der Waals surface area contributed by atoms with Crippen molar-refractivity contribution in [2.75, 3.05) is 6.54 Å². The van der Waals surface area contributed by atoms with Crippen LogP contribution in [0.25, 0.3) is 0 Å². The second-order valence-electron chi connectivity index (χ2n) is 1.93. The molecule has 0 aliphatic carbocycles. The van der Waals surface area contributed by atoms with Crippen LogP contribution in [0.5, 0.6) is 0 Å². The molecule has 1 atom stereocenters. The molecule has 0 spiro atoms. The zero-order valence-corrected chi connectivity index (χ0v) is 6.09. The van der Waals surface area contributed by atoms with Crippen LogP contribution in [0.2, 0.25) is 0 Å². The second kappa shape index (κ2) is 2.72. The van der Waals surface area contributed by atoms with E-state index in [2.05, 4.69) is 9.18 Å². The van der Waals surface area contributed by atoms with E-state index in [1.165, 1.54) is 0 Å². The Morgan fingerprint density at radius 1 is 1.64 bits per heavy atom. The average Bonchev–Trinajstić information content (AvgIpc) is 1.85. The molecule has 0 bridgehead atoms. The van der Waals surface area contributed by atoms with Crippen LogP contribution < -0.4 is 0 Å². The highest BCUT2D eigenvalue weighted by Crippen LogP contribution is 2.15. The third-order valence-electron chi connectivity index (χ3n) is 1.19. The van der Waals surface area contributed by atoms with Crippen molar-refractivity contribution in [1.82, 2.24) is 0 Å². The van der Waals surface area contributed by atoms with Crippen LogP contribution in [0, 0.1) is 0 Å². The molecular weight excluding hydrogens is 180 g/mol. The molecule has 0 saturated carbocycles. The van der Waals surface area contributed by atoms with Crippen molar-refractivity contribution in [3.05, 3.63) is 0 Å². The number of hydrogen-bond donors (Lipinski definition) is 0. The van der Waals surface area contributed by atoms with E-state index in [1.54, 1.807) is 0 Å². The first-order chi connectivity index (χ1) is 5.04. The van der Waals surface area contributed by atoms with Gasteiger partial charge in [0, 0.05) is 0 Å². The van der Waals surface area contributed by atoms with Gasteiger partial charge in [0.25, 0.3) is 6.43 Å². The maximum Gasteiger partial charge on any atom is 0.320 e. The fourth-order valence-electron chi connectivity index (χ4n) is 0.606. The third-order valence-corrected chi connectivity index (χ3v) is 2.64. The van der Waals surface area contributed by atoms with Crippen molar-refractivity contribution < 1.29 is 21.4 Å². The van der Waals surface area contributed by atoms with Crippen molar-refractivity contribution in [1.29, 1.82) is 0 Å². The van der Waals surface area contributed by atoms with Crippen LogP contribution in [-0.4, -0.2) is 33.0 Å². The molecule has 64 valence electrons. The second-order valence-corrected chi connectivity index (χ2v) is 3.72. The molecule has 0 radical (unpaired) electrons. The van der Waals surface area contributed by atoms with E-state index >= 15 is 0 Å². The SMILES string of the molecule is O=S1(=O)OC=NCC1C(F)F. The third kappa shape index (κ3) is 1.65. The zero-order chi connectivity index (χ0) is 8.48. The Bertz CT molecular complexity index is 261. The smallest absolute Gasteiger partial charge is 0.320 e. The van der Waals surface area contributed by atoms with Crippen LogP contribution >= 0.6 is 0 Å². The largest absolute Gasteiger partial charge is 0.370 e. The van der Waals surface area contributed by atoms with E-state index in [0.717, 1.165) is 0 Å². The number of halogens is 2. The van der Waals surface area contributed by atoms with Crippen molar-refractivity contribution in [3.63, 3.8) is 0 Å². The van der Waals surface area contributed by atoms with Gasteiger partial charge in [-0.25, -0.2) is 8.78 Å². The van der Waals surface area contributed by atoms with Gasteiger partial charge in [0.1, 0.15) is 0 Å². The summed E-state index contributed by atoms with van der Waals surface area (Å²) in [7, 11) is -4.12. The van der Waals surface area contributed by atoms with Crippen LogP contribution in [0.15, 0.2) is 4.99 Å². The number of aliphatic imine (C=N–C) groups is 1. The topological polar surface area (TPSA) is 55.7 Å². The summed E-state index contributed by atoms with van der Waals surface area (Å²) >= 11 is 0. The molecule has 1 aliphatic rings. The number of nitrogens with zero attached hydrogens (tertiary/aromatic N) is 1. The van der Waals surface area contributed by atoms with Gasteiger partial charge in [-0.15, -0.1) is 0 Å². The Morgan fingerprint density at radius 3 is 2.64 bits per heavy atom. The van der Waals surface area contributed by atoms with E-state index in [4.69, 9.17) is 0 Å². The molecule has 1 rings (SSSR count). The molecular formula is C4H5F2NO3S. The van der Waals surface area contributed by atoms with Crippen LogP contribution in [-0.2, 0) is 14.3 Å². The Hall–Kier alpha value is -0.720. The normalized spacial score (nSPS) is 28.5. The molecule has 1 aliphatic heterocycles. The van der Waals surface area contributed by atoms with E-state index in [1.807, 2.05) is 0 Å². The Kier molecular flexibility index (Phi) is 2.08. The lowest BCUT2D eigenvalue weighted by molar-refractivity contribution is 0.139. The van der Waals surface area contributed by atoms with Crippen LogP contribution in [0.1, 0.15) is 0 Å². The number of rotatable bonds is 1. The maximum absolute atomic E-state index is 11.9. The summed E-state index contributed by atoms with van der Waals surface area (Å²) < 4.78 is 49.0. The molecule has 0 saturated heterocycles. The predicted molar refractivity (Wildman–Crippen MR) is 33.2 cm³/mol. The van der Waals surface area contributed by atoms with Gasteiger partial charge in [-0.3, -0.25) is 4.99 Å². The van der Waals surface area contributed by atoms with Crippen molar-refractivity contribution >= 4 is 16.5 Å². The Balaban J connectivity index is 2.88. The quantitative estimate of drug-likeness (QED) is 0.540.